The van der Waals surface area contributed by atoms with Crippen LogP contribution in [0, 0.1) is 6.92 Å². The maximum atomic E-state index is 12.5. The summed E-state index contributed by atoms with van der Waals surface area (Å²) in [6.45, 7) is 4.54. The van der Waals surface area contributed by atoms with Crippen LogP contribution in [0.25, 0.3) is 0 Å². The number of hydrogen-bond donors (Lipinski definition) is 4. The predicted molar refractivity (Wildman–Crippen MR) is 135 cm³/mol. The second kappa shape index (κ2) is 11.1. The molecule has 0 radical (unpaired) electrons. The first kappa shape index (κ1) is 23.7. The van der Waals surface area contributed by atoms with Crippen molar-refractivity contribution in [2.45, 2.75) is 58.1 Å². The molecule has 2 aromatic heterocycles. The van der Waals surface area contributed by atoms with Crippen molar-refractivity contribution >= 4 is 56.6 Å². The molecule has 0 bridgehead atoms. The molecule has 1 fully saturated rings. The molecule has 0 aromatic carbocycles. The molecular formula is C21H29IN6O2S. The molecule has 6 N–H and O–H groups in total. The van der Waals surface area contributed by atoms with Crippen LogP contribution in [-0.2, 0) is 0 Å². The third kappa shape index (κ3) is 5.86. The minimum absolute atomic E-state index is 0.0770. The molecule has 0 aliphatic heterocycles. The van der Waals surface area contributed by atoms with Crippen LogP contribution in [0.1, 0.15) is 59.8 Å². The van der Waals surface area contributed by atoms with Gasteiger partial charge in [-0.25, -0.2) is 9.98 Å². The zero-order chi connectivity index (χ0) is 22.4. The van der Waals surface area contributed by atoms with E-state index in [2.05, 4.69) is 18.8 Å². The summed E-state index contributed by atoms with van der Waals surface area (Å²) in [6.07, 6.45) is 6.33. The number of nitrogens with one attached hydrogen (secondary N) is 2. The van der Waals surface area contributed by atoms with Crippen molar-refractivity contribution in [3.05, 3.63) is 34.3 Å². The van der Waals surface area contributed by atoms with Crippen LogP contribution in [0.15, 0.2) is 23.3 Å². The highest BCUT2D eigenvalue weighted by atomic mass is 127. The molecule has 0 saturated heterocycles. The number of pyridine rings is 1. The summed E-state index contributed by atoms with van der Waals surface area (Å²) < 4.78 is 9.25. The van der Waals surface area contributed by atoms with Gasteiger partial charge in [-0.15, -0.1) is 11.3 Å². The van der Waals surface area contributed by atoms with Gasteiger partial charge in [-0.3, -0.25) is 4.79 Å². The smallest absolute Gasteiger partial charge is 0.261 e. The first-order valence-corrected chi connectivity index (χ1v) is 12.3. The minimum atomic E-state index is -0.0998. The number of carbonyl (C=O) groups is 1. The van der Waals surface area contributed by atoms with Crippen molar-refractivity contribution in [3.8, 4) is 5.88 Å². The van der Waals surface area contributed by atoms with Gasteiger partial charge in [0.05, 0.1) is 33.3 Å². The summed E-state index contributed by atoms with van der Waals surface area (Å²) in [5, 5.41) is 3.71. The fourth-order valence-corrected chi connectivity index (χ4v) is 5.15. The lowest BCUT2D eigenvalue weighted by molar-refractivity contribution is 0.0957. The highest BCUT2D eigenvalue weighted by Gasteiger charge is 2.24. The van der Waals surface area contributed by atoms with Crippen LogP contribution >= 0.6 is 34.2 Å². The van der Waals surface area contributed by atoms with E-state index in [9.17, 15) is 4.79 Å². The number of aliphatic imine (C=N–C) groups is 1. The van der Waals surface area contributed by atoms with Crippen molar-refractivity contribution in [1.29, 1.82) is 0 Å². The van der Waals surface area contributed by atoms with Gasteiger partial charge in [0.1, 0.15) is 22.6 Å². The standard InChI is InChI=1S/C21H29IN6O2S/c1-3-10-25-19(29)17-12(2)16(21(28-22)31-17)18(24)27-15-5-4-11-26-20(15)30-14-8-6-13(23)7-9-14/h4-5,11,13-14,28H,3,6-10,23H2,1-2H3,(H2,24,27)(H,25,29). The lowest BCUT2D eigenvalue weighted by Gasteiger charge is -2.26. The molecule has 3 rings (SSSR count). The van der Waals surface area contributed by atoms with Gasteiger partial charge in [0, 0.05) is 18.8 Å². The molecule has 2 aromatic rings. The Labute approximate surface area is 200 Å². The van der Waals surface area contributed by atoms with Crippen LogP contribution in [-0.4, -0.2) is 35.4 Å². The van der Waals surface area contributed by atoms with Crippen molar-refractivity contribution in [2.24, 2.45) is 16.5 Å². The van der Waals surface area contributed by atoms with Crippen molar-refractivity contribution < 1.29 is 9.53 Å². The van der Waals surface area contributed by atoms with E-state index >= 15 is 0 Å². The number of hydrogen-bond acceptors (Lipinski definition) is 7. The Balaban J connectivity index is 1.88. The quantitative estimate of drug-likeness (QED) is 0.168. The average Bonchev–Trinajstić information content (AvgIpc) is 3.11. The van der Waals surface area contributed by atoms with Gasteiger partial charge >= 0.3 is 0 Å². The molecule has 10 heteroatoms. The Kier molecular flexibility index (Phi) is 8.50. The van der Waals surface area contributed by atoms with Gasteiger partial charge in [0.15, 0.2) is 0 Å². The van der Waals surface area contributed by atoms with E-state index < -0.39 is 0 Å². The number of amides is 1. The number of halogens is 1. The monoisotopic (exact) mass is 556 g/mol. The van der Waals surface area contributed by atoms with Gasteiger partial charge in [0.25, 0.3) is 5.91 Å². The SMILES string of the molecule is CCCNC(=O)c1sc(NI)c(C(N)=Nc2cccnc2OC2CCC(N)CC2)c1C. The molecular weight excluding hydrogens is 527 g/mol. The number of anilines is 1. The number of nitrogens with two attached hydrogens (primary N) is 2. The average molecular weight is 556 g/mol. The van der Waals surface area contributed by atoms with E-state index in [0.29, 0.717) is 28.8 Å². The fourth-order valence-electron chi connectivity index (χ4n) is 3.53. The number of thiophene rings is 1. The van der Waals surface area contributed by atoms with Crippen LogP contribution in [0.3, 0.4) is 0 Å². The summed E-state index contributed by atoms with van der Waals surface area (Å²) >= 11 is 3.41. The molecule has 2 heterocycles. The predicted octanol–water partition coefficient (Wildman–Crippen LogP) is 4.04. The second-order valence-corrected chi connectivity index (χ2v) is 9.15. The van der Waals surface area contributed by atoms with E-state index in [-0.39, 0.29) is 18.1 Å². The van der Waals surface area contributed by atoms with E-state index in [4.69, 9.17) is 16.2 Å². The molecule has 1 aliphatic rings. The maximum Gasteiger partial charge on any atom is 0.261 e. The molecule has 0 atom stereocenters. The highest BCUT2D eigenvalue weighted by Crippen LogP contribution is 2.35. The van der Waals surface area contributed by atoms with Crippen LogP contribution < -0.4 is 25.1 Å². The fraction of sp³-hybridized carbons (Fsp3) is 0.476. The maximum absolute atomic E-state index is 12.5. The third-order valence-corrected chi connectivity index (χ3v) is 7.33. The summed E-state index contributed by atoms with van der Waals surface area (Å²) in [5.41, 5.74) is 14.5. The zero-order valence-electron chi connectivity index (χ0n) is 17.8. The number of ether oxygens (including phenoxy) is 1. The molecule has 168 valence electrons. The number of carbonyl (C=O) groups excluding carboxylic acids is 1. The largest absolute Gasteiger partial charge is 0.473 e. The van der Waals surface area contributed by atoms with Gasteiger partial charge in [0.2, 0.25) is 5.88 Å². The normalized spacial score (nSPS) is 19.2. The summed E-state index contributed by atoms with van der Waals surface area (Å²) in [4.78, 5) is 22.2. The third-order valence-electron chi connectivity index (χ3n) is 5.22. The van der Waals surface area contributed by atoms with Gasteiger partial charge in [-0.2, -0.15) is 0 Å². The topological polar surface area (TPSA) is 128 Å². The lowest BCUT2D eigenvalue weighted by atomic mass is 9.94. The van der Waals surface area contributed by atoms with Crippen LogP contribution in [0.5, 0.6) is 5.88 Å². The molecule has 1 saturated carbocycles. The zero-order valence-corrected chi connectivity index (χ0v) is 20.8. The Bertz CT molecular complexity index is 940. The van der Waals surface area contributed by atoms with Crippen LogP contribution in [0.2, 0.25) is 0 Å². The Morgan fingerprint density at radius 3 is 2.81 bits per heavy atom. The van der Waals surface area contributed by atoms with Gasteiger partial charge in [-0.05, 0) is 56.7 Å². The summed E-state index contributed by atoms with van der Waals surface area (Å²) in [7, 11) is 0. The molecule has 31 heavy (non-hydrogen) atoms. The lowest BCUT2D eigenvalue weighted by Crippen LogP contribution is -2.31. The molecule has 0 unspecified atom stereocenters. The molecule has 1 amide bonds. The summed E-state index contributed by atoms with van der Waals surface area (Å²) in [5.74, 6) is 0.673. The van der Waals surface area contributed by atoms with Crippen LogP contribution in [0.4, 0.5) is 10.7 Å². The first-order chi connectivity index (χ1) is 14.9. The minimum Gasteiger partial charge on any atom is -0.473 e. The highest BCUT2D eigenvalue weighted by molar-refractivity contribution is 14.1. The van der Waals surface area contributed by atoms with E-state index in [1.807, 2.05) is 42.8 Å². The van der Waals surface area contributed by atoms with E-state index in [0.717, 1.165) is 48.2 Å². The Morgan fingerprint density at radius 2 is 2.13 bits per heavy atom. The van der Waals surface area contributed by atoms with Crippen molar-refractivity contribution in [2.75, 3.05) is 10.1 Å². The number of rotatable bonds is 8. The van der Waals surface area contributed by atoms with E-state index in [1.54, 1.807) is 12.3 Å². The Morgan fingerprint density at radius 1 is 1.39 bits per heavy atom. The number of nitrogens with zero attached hydrogens (tertiary/aromatic N) is 2. The van der Waals surface area contributed by atoms with Gasteiger partial charge in [-0.1, -0.05) is 6.92 Å². The first-order valence-electron chi connectivity index (χ1n) is 10.4. The van der Waals surface area contributed by atoms with Crippen molar-refractivity contribution in [1.82, 2.24) is 10.3 Å². The van der Waals surface area contributed by atoms with Gasteiger partial charge < -0.3 is 25.1 Å². The molecule has 1 aliphatic carbocycles. The number of amidine groups is 1. The molecule has 0 spiro atoms. The molecule has 8 nitrogen and oxygen atoms in total. The van der Waals surface area contributed by atoms with E-state index in [1.165, 1.54) is 11.3 Å². The Hall–Kier alpha value is -1.92. The van der Waals surface area contributed by atoms with Crippen molar-refractivity contribution in [3.63, 3.8) is 0 Å². The second-order valence-electron chi connectivity index (χ2n) is 7.59. The number of aromatic nitrogens is 1. The summed E-state index contributed by atoms with van der Waals surface area (Å²) in [6, 6.07) is 3.88.